The van der Waals surface area contributed by atoms with Crippen molar-refractivity contribution in [1.82, 2.24) is 10.2 Å². The van der Waals surface area contributed by atoms with Crippen molar-refractivity contribution in [2.24, 2.45) is 0 Å². The maximum Gasteiger partial charge on any atom is 0.317 e. The first-order valence-electron chi connectivity index (χ1n) is 8.45. The third-order valence-corrected chi connectivity index (χ3v) is 6.74. The fourth-order valence-electron chi connectivity index (χ4n) is 3.00. The van der Waals surface area contributed by atoms with Gasteiger partial charge in [0.25, 0.3) is 0 Å². The molecule has 1 heterocycles. The highest BCUT2D eigenvalue weighted by Gasteiger charge is 2.35. The summed E-state index contributed by atoms with van der Waals surface area (Å²) >= 11 is 0. The van der Waals surface area contributed by atoms with Crippen LogP contribution in [0.25, 0.3) is 0 Å². The predicted molar refractivity (Wildman–Crippen MR) is 98.8 cm³/mol. The number of sulfone groups is 1. The van der Waals surface area contributed by atoms with Gasteiger partial charge in [0.05, 0.1) is 17.3 Å². The number of ether oxygens (including phenoxy) is 1. The Morgan fingerprint density at radius 1 is 1.15 bits per heavy atom. The van der Waals surface area contributed by atoms with Crippen LogP contribution in [0.3, 0.4) is 0 Å². The van der Waals surface area contributed by atoms with E-state index in [-0.39, 0.29) is 12.6 Å². The van der Waals surface area contributed by atoms with E-state index in [1.807, 2.05) is 24.3 Å². The van der Waals surface area contributed by atoms with Crippen molar-refractivity contribution in [1.29, 1.82) is 0 Å². The van der Waals surface area contributed by atoms with Crippen LogP contribution in [0.1, 0.15) is 12.0 Å². The van der Waals surface area contributed by atoms with Crippen LogP contribution in [0, 0.1) is 0 Å². The number of hydrogen-bond acceptors (Lipinski definition) is 4. The minimum atomic E-state index is -3.42. The lowest BCUT2D eigenvalue weighted by Crippen LogP contribution is -2.39. The van der Waals surface area contributed by atoms with Gasteiger partial charge in [0.15, 0.2) is 9.84 Å². The van der Waals surface area contributed by atoms with E-state index in [0.717, 1.165) is 11.3 Å². The molecular formula is C19H22N2O4S. The van der Waals surface area contributed by atoms with Gasteiger partial charge in [-0.25, -0.2) is 13.2 Å². The number of benzene rings is 2. The molecule has 2 aromatic rings. The highest BCUT2D eigenvalue weighted by Crippen LogP contribution is 2.23. The molecule has 6 nitrogen and oxygen atoms in total. The Hall–Kier alpha value is -2.54. The molecule has 0 spiro atoms. The number of nitrogens with one attached hydrogen (secondary N) is 1. The fraction of sp³-hybridized carbons (Fsp3) is 0.316. The Labute approximate surface area is 153 Å². The van der Waals surface area contributed by atoms with Crippen LogP contribution in [-0.2, 0) is 16.4 Å². The second-order valence-electron chi connectivity index (χ2n) is 6.22. The molecule has 2 amide bonds. The summed E-state index contributed by atoms with van der Waals surface area (Å²) in [6.07, 6.45) is 0.452. The number of likely N-dealkylation sites (tertiary alicyclic amines) is 1. The van der Waals surface area contributed by atoms with Gasteiger partial charge in [-0.1, -0.05) is 30.3 Å². The monoisotopic (exact) mass is 374 g/mol. The molecule has 1 N–H and O–H groups in total. The van der Waals surface area contributed by atoms with Crippen LogP contribution in [-0.4, -0.2) is 44.8 Å². The molecule has 0 aromatic heterocycles. The zero-order valence-electron chi connectivity index (χ0n) is 14.6. The van der Waals surface area contributed by atoms with Gasteiger partial charge in [-0.05, 0) is 36.2 Å². The summed E-state index contributed by atoms with van der Waals surface area (Å²) in [6, 6.07) is 15.6. The molecular weight excluding hydrogens is 352 g/mol. The summed E-state index contributed by atoms with van der Waals surface area (Å²) in [7, 11) is -1.81. The van der Waals surface area contributed by atoms with E-state index < -0.39 is 15.1 Å². The molecule has 1 aliphatic heterocycles. The topological polar surface area (TPSA) is 75.7 Å². The molecule has 2 aromatic carbocycles. The lowest BCUT2D eigenvalue weighted by molar-refractivity contribution is 0.208. The van der Waals surface area contributed by atoms with Crippen molar-refractivity contribution < 1.29 is 17.9 Å². The summed E-state index contributed by atoms with van der Waals surface area (Å²) in [5.74, 6) is 0.758. The fourth-order valence-corrected chi connectivity index (χ4v) is 4.71. The van der Waals surface area contributed by atoms with Crippen molar-refractivity contribution in [3.05, 3.63) is 60.2 Å². The molecule has 1 fully saturated rings. The minimum absolute atomic E-state index is 0.214. The third-order valence-electron chi connectivity index (χ3n) is 4.55. The van der Waals surface area contributed by atoms with Crippen LogP contribution >= 0.6 is 0 Å². The highest BCUT2D eigenvalue weighted by molar-refractivity contribution is 7.92. The maximum atomic E-state index is 12.7. The first kappa shape index (κ1) is 18.3. The molecule has 1 aliphatic rings. The van der Waals surface area contributed by atoms with Crippen molar-refractivity contribution in [3.8, 4) is 5.75 Å². The molecule has 0 aliphatic carbocycles. The number of methoxy groups -OCH3 is 1. The summed E-state index contributed by atoms with van der Waals surface area (Å²) in [6.45, 7) is 1.03. The minimum Gasteiger partial charge on any atom is -0.497 e. The van der Waals surface area contributed by atoms with E-state index in [0.29, 0.717) is 24.4 Å². The Kier molecular flexibility index (Phi) is 5.46. The normalized spacial score (nSPS) is 17.1. The molecule has 0 radical (unpaired) electrons. The number of amides is 2. The molecule has 138 valence electrons. The average molecular weight is 374 g/mol. The van der Waals surface area contributed by atoms with Crippen molar-refractivity contribution in [2.45, 2.75) is 23.1 Å². The van der Waals surface area contributed by atoms with Gasteiger partial charge in [-0.2, -0.15) is 0 Å². The van der Waals surface area contributed by atoms with E-state index in [4.69, 9.17) is 4.74 Å². The van der Waals surface area contributed by atoms with Crippen LogP contribution in [0.4, 0.5) is 4.79 Å². The summed E-state index contributed by atoms with van der Waals surface area (Å²) in [4.78, 5) is 14.2. The van der Waals surface area contributed by atoms with Crippen LogP contribution in [0.15, 0.2) is 59.5 Å². The van der Waals surface area contributed by atoms with Gasteiger partial charge in [0.1, 0.15) is 5.75 Å². The zero-order valence-corrected chi connectivity index (χ0v) is 15.4. The zero-order chi connectivity index (χ0) is 18.6. The molecule has 1 saturated heterocycles. The second-order valence-corrected chi connectivity index (χ2v) is 8.45. The Bertz CT molecular complexity index is 851. The van der Waals surface area contributed by atoms with Gasteiger partial charge in [-0.3, -0.25) is 0 Å². The molecule has 26 heavy (non-hydrogen) atoms. The van der Waals surface area contributed by atoms with E-state index in [9.17, 15) is 13.2 Å². The number of urea groups is 1. The molecule has 7 heteroatoms. The van der Waals surface area contributed by atoms with E-state index in [2.05, 4.69) is 5.32 Å². The van der Waals surface area contributed by atoms with Crippen LogP contribution in [0.5, 0.6) is 5.75 Å². The van der Waals surface area contributed by atoms with Gasteiger partial charge >= 0.3 is 6.03 Å². The number of rotatable bonds is 5. The first-order chi connectivity index (χ1) is 12.5. The standard InChI is InChI=1S/C19H22N2O4S/c1-25-16-9-7-15(8-10-16)13-20-19(22)21-12-11-18(14-21)26(23,24)17-5-3-2-4-6-17/h2-10,18H,11-14H2,1H3,(H,20,22). The summed E-state index contributed by atoms with van der Waals surface area (Å²) < 4.78 is 30.4. The average Bonchev–Trinajstić information content (AvgIpc) is 3.18. The van der Waals surface area contributed by atoms with Crippen molar-refractivity contribution >= 4 is 15.9 Å². The first-order valence-corrected chi connectivity index (χ1v) is 10.00. The summed E-state index contributed by atoms with van der Waals surface area (Å²) in [5, 5.41) is 2.28. The van der Waals surface area contributed by atoms with Crippen LogP contribution in [0.2, 0.25) is 0 Å². The maximum absolute atomic E-state index is 12.7. The number of hydrogen-bond donors (Lipinski definition) is 1. The highest BCUT2D eigenvalue weighted by atomic mass is 32.2. The lowest BCUT2D eigenvalue weighted by Gasteiger charge is -2.17. The number of carbonyl (C=O) groups is 1. The molecule has 0 bridgehead atoms. The van der Waals surface area contributed by atoms with Gasteiger partial charge in [0.2, 0.25) is 0 Å². The molecule has 1 unspecified atom stereocenters. The Morgan fingerprint density at radius 2 is 1.85 bits per heavy atom. The Balaban J connectivity index is 1.57. The second kappa shape index (κ2) is 7.78. The van der Waals surface area contributed by atoms with Crippen molar-refractivity contribution in [3.63, 3.8) is 0 Å². The molecule has 1 atom stereocenters. The Morgan fingerprint density at radius 3 is 2.50 bits per heavy atom. The van der Waals surface area contributed by atoms with Gasteiger partial charge < -0.3 is 15.0 Å². The van der Waals surface area contributed by atoms with E-state index in [1.165, 1.54) is 0 Å². The third kappa shape index (κ3) is 3.99. The number of carbonyl (C=O) groups excluding carboxylic acids is 1. The quantitative estimate of drug-likeness (QED) is 0.872. The smallest absolute Gasteiger partial charge is 0.317 e. The van der Waals surface area contributed by atoms with Crippen LogP contribution < -0.4 is 10.1 Å². The van der Waals surface area contributed by atoms with E-state index in [1.54, 1.807) is 42.3 Å². The molecule has 0 saturated carbocycles. The van der Waals surface area contributed by atoms with E-state index >= 15 is 0 Å². The lowest BCUT2D eigenvalue weighted by atomic mass is 10.2. The summed E-state index contributed by atoms with van der Waals surface area (Å²) in [5.41, 5.74) is 0.951. The van der Waals surface area contributed by atoms with Gasteiger partial charge in [0, 0.05) is 19.6 Å². The largest absolute Gasteiger partial charge is 0.497 e. The molecule has 3 rings (SSSR count). The number of nitrogens with zero attached hydrogens (tertiary/aromatic N) is 1. The van der Waals surface area contributed by atoms with Crippen molar-refractivity contribution in [2.75, 3.05) is 20.2 Å². The van der Waals surface area contributed by atoms with Gasteiger partial charge in [-0.15, -0.1) is 0 Å². The SMILES string of the molecule is COc1ccc(CNC(=O)N2CCC(S(=O)(=O)c3ccccc3)C2)cc1. The predicted octanol–water partition coefficient (Wildman–Crippen LogP) is 2.45.